The Morgan fingerprint density at radius 1 is 1.36 bits per heavy atom. The summed E-state index contributed by atoms with van der Waals surface area (Å²) < 4.78 is 0. The highest BCUT2D eigenvalue weighted by atomic mass is 16.1. The van der Waals surface area contributed by atoms with E-state index in [0.717, 1.165) is 12.0 Å². The van der Waals surface area contributed by atoms with Crippen molar-refractivity contribution in [2.24, 2.45) is 0 Å². The maximum absolute atomic E-state index is 10.4. The van der Waals surface area contributed by atoms with Gasteiger partial charge in [0.25, 0.3) is 0 Å². The van der Waals surface area contributed by atoms with Crippen molar-refractivity contribution in [2.75, 3.05) is 0 Å². The van der Waals surface area contributed by atoms with Crippen LogP contribution in [-0.2, 0) is 4.79 Å². The second-order valence-corrected chi connectivity index (χ2v) is 2.49. The molecule has 1 radical (unpaired) electrons. The van der Waals surface area contributed by atoms with Crippen molar-refractivity contribution in [1.82, 2.24) is 0 Å². The molecule has 0 N–H and O–H groups in total. The summed E-state index contributed by atoms with van der Waals surface area (Å²) in [5, 5.41) is 0. The Kier molecular flexibility index (Phi) is 2.84. The lowest BCUT2D eigenvalue weighted by Gasteiger charge is -2.04. The molecule has 1 unspecified atom stereocenters. The van der Waals surface area contributed by atoms with E-state index in [0.29, 0.717) is 0 Å². The van der Waals surface area contributed by atoms with Crippen LogP contribution in [0.3, 0.4) is 0 Å². The van der Waals surface area contributed by atoms with Gasteiger partial charge in [0.15, 0.2) is 0 Å². The van der Waals surface area contributed by atoms with Gasteiger partial charge in [0.05, 0.1) is 5.92 Å². The van der Waals surface area contributed by atoms with E-state index in [-0.39, 0.29) is 5.92 Å². The Morgan fingerprint density at radius 2 is 2.00 bits per heavy atom. The highest BCUT2D eigenvalue weighted by Crippen LogP contribution is 2.15. The maximum atomic E-state index is 10.4. The third-order valence-electron chi connectivity index (χ3n) is 1.75. The van der Waals surface area contributed by atoms with Crippen molar-refractivity contribution >= 4 is 6.29 Å². The van der Waals surface area contributed by atoms with Gasteiger partial charge in [-0.15, -0.1) is 0 Å². The number of benzene rings is 1. The fraction of sp³-hybridized carbons (Fsp3) is 0.300. The van der Waals surface area contributed by atoms with Gasteiger partial charge in [-0.05, 0) is 12.0 Å². The van der Waals surface area contributed by atoms with Crippen LogP contribution in [0.1, 0.15) is 24.8 Å². The first kappa shape index (κ1) is 7.99. The Morgan fingerprint density at radius 3 is 2.45 bits per heavy atom. The van der Waals surface area contributed by atoms with Gasteiger partial charge >= 0.3 is 0 Å². The van der Waals surface area contributed by atoms with Gasteiger partial charge in [0, 0.05) is 0 Å². The molecular formula is C10H11O. The zero-order chi connectivity index (χ0) is 8.10. The molecule has 1 rings (SSSR count). The molecule has 1 atom stereocenters. The largest absolute Gasteiger partial charge is 0.290 e. The quantitative estimate of drug-likeness (QED) is 0.641. The minimum Gasteiger partial charge on any atom is -0.290 e. The molecule has 0 fully saturated rings. The van der Waals surface area contributed by atoms with Crippen molar-refractivity contribution in [3.8, 4) is 0 Å². The summed E-state index contributed by atoms with van der Waals surface area (Å²) in [5.41, 5.74) is 1.06. The molecule has 0 aromatic heterocycles. The van der Waals surface area contributed by atoms with E-state index in [9.17, 15) is 4.79 Å². The van der Waals surface area contributed by atoms with Gasteiger partial charge in [0.2, 0.25) is 6.29 Å². The van der Waals surface area contributed by atoms with Crippen molar-refractivity contribution in [3.63, 3.8) is 0 Å². The molecule has 1 aromatic rings. The lowest BCUT2D eigenvalue weighted by Crippen LogP contribution is -1.96. The normalized spacial score (nSPS) is 12.5. The molecule has 0 aliphatic rings. The lowest BCUT2D eigenvalue weighted by atomic mass is 9.98. The van der Waals surface area contributed by atoms with E-state index >= 15 is 0 Å². The van der Waals surface area contributed by atoms with Crippen LogP contribution in [0.25, 0.3) is 0 Å². The number of hydrogen-bond acceptors (Lipinski definition) is 1. The van der Waals surface area contributed by atoms with Gasteiger partial charge in [-0.3, -0.25) is 4.79 Å². The summed E-state index contributed by atoms with van der Waals surface area (Å²) in [6, 6.07) is 9.74. The number of hydrogen-bond donors (Lipinski definition) is 0. The average molecular weight is 147 g/mol. The van der Waals surface area contributed by atoms with Crippen molar-refractivity contribution in [1.29, 1.82) is 0 Å². The first-order valence-electron chi connectivity index (χ1n) is 3.81. The topological polar surface area (TPSA) is 17.1 Å². The highest BCUT2D eigenvalue weighted by molar-refractivity contribution is 5.62. The van der Waals surface area contributed by atoms with E-state index in [2.05, 4.69) is 0 Å². The molecule has 57 valence electrons. The van der Waals surface area contributed by atoms with Crippen LogP contribution in [0.4, 0.5) is 0 Å². The molecule has 0 saturated carbocycles. The van der Waals surface area contributed by atoms with Gasteiger partial charge in [-0.25, -0.2) is 0 Å². The fourth-order valence-electron chi connectivity index (χ4n) is 1.07. The summed E-state index contributed by atoms with van der Waals surface area (Å²) in [6.07, 6.45) is 2.84. The fourth-order valence-corrected chi connectivity index (χ4v) is 1.07. The third kappa shape index (κ3) is 1.90. The molecule has 0 aliphatic carbocycles. The molecule has 1 aromatic carbocycles. The summed E-state index contributed by atoms with van der Waals surface area (Å²) in [7, 11) is 0. The smallest absolute Gasteiger partial charge is 0.206 e. The summed E-state index contributed by atoms with van der Waals surface area (Å²) in [6.45, 7) is 1.99. The molecular weight excluding hydrogens is 136 g/mol. The molecule has 0 bridgehead atoms. The van der Waals surface area contributed by atoms with Gasteiger partial charge in [0.1, 0.15) is 0 Å². The number of carbonyl (C=O) groups excluding carboxylic acids is 1. The van der Waals surface area contributed by atoms with Crippen LogP contribution in [-0.4, -0.2) is 6.29 Å². The second kappa shape index (κ2) is 3.91. The van der Waals surface area contributed by atoms with E-state index in [1.165, 1.54) is 0 Å². The minimum atomic E-state index is -0.0452. The molecule has 0 aliphatic heterocycles. The Balaban J connectivity index is 2.82. The molecule has 1 heteroatoms. The average Bonchev–Trinajstić information content (AvgIpc) is 2.09. The van der Waals surface area contributed by atoms with Crippen LogP contribution in [0.15, 0.2) is 30.3 Å². The van der Waals surface area contributed by atoms with E-state index in [4.69, 9.17) is 0 Å². The molecule has 0 amide bonds. The third-order valence-corrected chi connectivity index (χ3v) is 1.75. The Hall–Kier alpha value is -1.11. The Labute approximate surface area is 67.1 Å². The molecule has 0 spiro atoms. The van der Waals surface area contributed by atoms with Gasteiger partial charge in [-0.2, -0.15) is 0 Å². The zero-order valence-corrected chi connectivity index (χ0v) is 6.58. The summed E-state index contributed by atoms with van der Waals surface area (Å²) in [5.74, 6) is -0.0452. The first-order valence-corrected chi connectivity index (χ1v) is 3.81. The molecule has 0 saturated heterocycles. The first-order chi connectivity index (χ1) is 5.38. The van der Waals surface area contributed by atoms with Crippen molar-refractivity contribution in [3.05, 3.63) is 35.9 Å². The van der Waals surface area contributed by atoms with Crippen molar-refractivity contribution in [2.45, 2.75) is 19.3 Å². The molecule has 0 heterocycles. The SMILES string of the molecule is CCC([C]=O)c1ccccc1. The predicted molar refractivity (Wildman–Crippen MR) is 45.2 cm³/mol. The van der Waals surface area contributed by atoms with E-state index < -0.39 is 0 Å². The zero-order valence-electron chi connectivity index (χ0n) is 6.58. The Bertz CT molecular complexity index is 216. The monoisotopic (exact) mass is 147 g/mol. The summed E-state index contributed by atoms with van der Waals surface area (Å²) >= 11 is 0. The molecule has 11 heavy (non-hydrogen) atoms. The molecule has 1 nitrogen and oxygen atoms in total. The van der Waals surface area contributed by atoms with Gasteiger partial charge < -0.3 is 0 Å². The second-order valence-electron chi connectivity index (χ2n) is 2.49. The lowest BCUT2D eigenvalue weighted by molar-refractivity contribution is 0.540. The highest BCUT2D eigenvalue weighted by Gasteiger charge is 2.06. The van der Waals surface area contributed by atoms with Crippen molar-refractivity contribution < 1.29 is 4.79 Å². The predicted octanol–water partition coefficient (Wildman–Crippen LogP) is 2.29. The summed E-state index contributed by atoms with van der Waals surface area (Å²) in [4.78, 5) is 10.4. The maximum Gasteiger partial charge on any atom is 0.206 e. The van der Waals surface area contributed by atoms with Crippen LogP contribution >= 0.6 is 0 Å². The van der Waals surface area contributed by atoms with E-state index in [1.807, 2.05) is 43.5 Å². The van der Waals surface area contributed by atoms with Crippen LogP contribution in [0.5, 0.6) is 0 Å². The van der Waals surface area contributed by atoms with Gasteiger partial charge in [-0.1, -0.05) is 37.3 Å². The van der Waals surface area contributed by atoms with Crippen LogP contribution in [0, 0.1) is 0 Å². The van der Waals surface area contributed by atoms with Crippen LogP contribution < -0.4 is 0 Å². The van der Waals surface area contributed by atoms with E-state index in [1.54, 1.807) is 0 Å². The van der Waals surface area contributed by atoms with Crippen LogP contribution in [0.2, 0.25) is 0 Å². The minimum absolute atomic E-state index is 0.0452. The standard InChI is InChI=1S/C10H11O/c1-2-9(8-11)10-6-4-3-5-7-10/h3-7,9H,2H2,1H3. The number of rotatable bonds is 3.